The van der Waals surface area contributed by atoms with Gasteiger partial charge in [-0.05, 0) is 37.5 Å². The minimum atomic E-state index is -0.307. The van der Waals surface area contributed by atoms with Crippen LogP contribution in [-0.2, 0) is 9.53 Å². The first-order valence-electron chi connectivity index (χ1n) is 6.54. The quantitative estimate of drug-likeness (QED) is 0.793. The van der Waals surface area contributed by atoms with Crippen LogP contribution in [0.25, 0.3) is 0 Å². The highest BCUT2D eigenvalue weighted by atomic mass is 79.9. The molecule has 0 aromatic heterocycles. The fraction of sp³-hybridized carbons (Fsp3) is 0.533. The van der Waals surface area contributed by atoms with Crippen molar-refractivity contribution in [3.05, 3.63) is 28.2 Å². The predicted octanol–water partition coefficient (Wildman–Crippen LogP) is 3.54. The van der Waals surface area contributed by atoms with Crippen molar-refractivity contribution in [3.8, 4) is 0 Å². The normalized spacial score (nSPS) is 16.6. The van der Waals surface area contributed by atoms with Crippen LogP contribution in [0.1, 0.15) is 24.8 Å². The van der Waals surface area contributed by atoms with E-state index in [2.05, 4.69) is 39.9 Å². The summed E-state index contributed by atoms with van der Waals surface area (Å²) < 4.78 is 6.03. The molecule has 3 nitrogen and oxygen atoms in total. The number of hydrogen-bond acceptors (Lipinski definition) is 3. The van der Waals surface area contributed by atoms with E-state index in [0.29, 0.717) is 0 Å². The minimum Gasteiger partial charge on any atom is -0.469 e. The maximum atomic E-state index is 12.0. The lowest BCUT2D eigenvalue weighted by Crippen LogP contribution is -2.47. The Balaban J connectivity index is 2.18. The SMILES string of the molecule is COC(=O)C1(CN(C)c2cc(Br)ccc2C)CCC1. The van der Waals surface area contributed by atoms with Crippen molar-refractivity contribution < 1.29 is 9.53 Å². The van der Waals surface area contributed by atoms with E-state index in [1.165, 1.54) is 12.7 Å². The number of rotatable bonds is 4. The summed E-state index contributed by atoms with van der Waals surface area (Å²) in [7, 11) is 3.52. The Morgan fingerprint density at radius 3 is 2.68 bits per heavy atom. The summed E-state index contributed by atoms with van der Waals surface area (Å²) >= 11 is 3.50. The molecule has 19 heavy (non-hydrogen) atoms. The van der Waals surface area contributed by atoms with Crippen LogP contribution in [0, 0.1) is 12.3 Å². The average molecular weight is 326 g/mol. The predicted molar refractivity (Wildman–Crippen MR) is 80.4 cm³/mol. The number of hydrogen-bond donors (Lipinski definition) is 0. The van der Waals surface area contributed by atoms with Crippen LogP contribution in [0.2, 0.25) is 0 Å². The van der Waals surface area contributed by atoms with Gasteiger partial charge < -0.3 is 9.64 Å². The van der Waals surface area contributed by atoms with E-state index in [1.54, 1.807) is 0 Å². The Morgan fingerprint density at radius 1 is 1.47 bits per heavy atom. The van der Waals surface area contributed by atoms with Gasteiger partial charge in [-0.2, -0.15) is 0 Å². The molecule has 1 fully saturated rings. The molecule has 104 valence electrons. The molecule has 4 heteroatoms. The summed E-state index contributed by atoms with van der Waals surface area (Å²) in [6.07, 6.45) is 2.97. The number of nitrogens with zero attached hydrogens (tertiary/aromatic N) is 1. The van der Waals surface area contributed by atoms with Gasteiger partial charge in [-0.25, -0.2) is 0 Å². The highest BCUT2D eigenvalue weighted by molar-refractivity contribution is 9.10. The Labute approximate surface area is 123 Å². The molecule has 2 rings (SSSR count). The molecule has 0 unspecified atom stereocenters. The third kappa shape index (κ3) is 2.78. The topological polar surface area (TPSA) is 29.5 Å². The summed E-state index contributed by atoms with van der Waals surface area (Å²) in [5.41, 5.74) is 2.06. The van der Waals surface area contributed by atoms with Crippen molar-refractivity contribution in [1.29, 1.82) is 0 Å². The standard InChI is InChI=1S/C15H20BrNO2/c1-11-5-6-12(16)9-13(11)17(2)10-15(7-4-8-15)14(18)19-3/h5-6,9H,4,7-8,10H2,1-3H3. The van der Waals surface area contributed by atoms with Gasteiger partial charge in [0.15, 0.2) is 0 Å². The number of benzene rings is 1. The molecule has 1 aromatic rings. The van der Waals surface area contributed by atoms with E-state index in [1.807, 2.05) is 13.1 Å². The number of aryl methyl sites for hydroxylation is 1. The molecule has 0 radical (unpaired) electrons. The second kappa shape index (κ2) is 5.53. The van der Waals surface area contributed by atoms with Crippen molar-refractivity contribution >= 4 is 27.6 Å². The molecular weight excluding hydrogens is 306 g/mol. The molecule has 1 saturated carbocycles. The summed E-state index contributed by atoms with van der Waals surface area (Å²) in [4.78, 5) is 14.1. The molecule has 1 aromatic carbocycles. The lowest BCUT2D eigenvalue weighted by atomic mass is 9.68. The number of anilines is 1. The first-order chi connectivity index (χ1) is 8.98. The van der Waals surface area contributed by atoms with Crippen molar-refractivity contribution in [1.82, 2.24) is 0 Å². The number of methoxy groups -OCH3 is 1. The van der Waals surface area contributed by atoms with Crippen LogP contribution >= 0.6 is 15.9 Å². The number of halogens is 1. The number of esters is 1. The zero-order valence-corrected chi connectivity index (χ0v) is 13.3. The molecule has 0 N–H and O–H groups in total. The smallest absolute Gasteiger partial charge is 0.313 e. The highest BCUT2D eigenvalue weighted by Gasteiger charge is 2.46. The van der Waals surface area contributed by atoms with Crippen molar-refractivity contribution in [2.45, 2.75) is 26.2 Å². The third-order valence-electron chi connectivity index (χ3n) is 4.05. The fourth-order valence-corrected chi connectivity index (χ4v) is 3.13. The van der Waals surface area contributed by atoms with E-state index in [9.17, 15) is 4.79 Å². The van der Waals surface area contributed by atoms with E-state index in [4.69, 9.17) is 4.74 Å². The van der Waals surface area contributed by atoms with Gasteiger partial charge in [-0.1, -0.05) is 28.4 Å². The van der Waals surface area contributed by atoms with Gasteiger partial charge in [0.25, 0.3) is 0 Å². The summed E-state index contributed by atoms with van der Waals surface area (Å²) in [5, 5.41) is 0. The Morgan fingerprint density at radius 2 is 2.16 bits per heavy atom. The Hall–Kier alpha value is -1.03. The van der Waals surface area contributed by atoms with Gasteiger partial charge in [0.05, 0.1) is 12.5 Å². The lowest BCUT2D eigenvalue weighted by molar-refractivity contribution is -0.157. The molecule has 0 aliphatic heterocycles. The van der Waals surface area contributed by atoms with E-state index in [-0.39, 0.29) is 11.4 Å². The van der Waals surface area contributed by atoms with Crippen LogP contribution in [0.15, 0.2) is 22.7 Å². The van der Waals surface area contributed by atoms with Crippen LogP contribution in [0.4, 0.5) is 5.69 Å². The van der Waals surface area contributed by atoms with E-state index in [0.717, 1.165) is 36.0 Å². The molecule has 0 bridgehead atoms. The first-order valence-corrected chi connectivity index (χ1v) is 7.33. The zero-order chi connectivity index (χ0) is 14.0. The maximum Gasteiger partial charge on any atom is 0.313 e. The highest BCUT2D eigenvalue weighted by Crippen LogP contribution is 2.43. The van der Waals surface area contributed by atoms with Crippen molar-refractivity contribution in [2.75, 3.05) is 25.6 Å². The van der Waals surface area contributed by atoms with E-state index >= 15 is 0 Å². The zero-order valence-electron chi connectivity index (χ0n) is 11.7. The van der Waals surface area contributed by atoms with Gasteiger partial charge in [-0.3, -0.25) is 4.79 Å². The molecule has 1 aliphatic rings. The van der Waals surface area contributed by atoms with Crippen molar-refractivity contribution in [3.63, 3.8) is 0 Å². The number of carbonyl (C=O) groups is 1. The van der Waals surface area contributed by atoms with Gasteiger partial charge in [0.1, 0.15) is 0 Å². The van der Waals surface area contributed by atoms with E-state index < -0.39 is 0 Å². The van der Waals surface area contributed by atoms with Crippen LogP contribution in [0.5, 0.6) is 0 Å². The van der Waals surface area contributed by atoms with Crippen LogP contribution in [0.3, 0.4) is 0 Å². The Kier molecular flexibility index (Phi) is 4.19. The maximum absolute atomic E-state index is 12.0. The third-order valence-corrected chi connectivity index (χ3v) is 4.54. The number of carbonyl (C=O) groups excluding carboxylic acids is 1. The minimum absolute atomic E-state index is 0.0711. The second-order valence-corrected chi connectivity index (χ2v) is 6.33. The number of ether oxygens (including phenoxy) is 1. The lowest BCUT2D eigenvalue weighted by Gasteiger charge is -2.42. The average Bonchev–Trinajstić information content (AvgIpc) is 2.35. The van der Waals surface area contributed by atoms with Crippen molar-refractivity contribution in [2.24, 2.45) is 5.41 Å². The molecule has 0 spiro atoms. The fourth-order valence-electron chi connectivity index (χ4n) is 2.78. The molecular formula is C15H20BrNO2. The first kappa shape index (κ1) is 14.4. The largest absolute Gasteiger partial charge is 0.469 e. The van der Waals surface area contributed by atoms with Crippen LogP contribution in [-0.4, -0.2) is 26.7 Å². The molecule has 0 saturated heterocycles. The van der Waals surface area contributed by atoms with Gasteiger partial charge in [0, 0.05) is 23.8 Å². The molecule has 1 aliphatic carbocycles. The summed E-state index contributed by atoms with van der Waals surface area (Å²) in [5.74, 6) is -0.0711. The molecule has 0 atom stereocenters. The van der Waals surface area contributed by atoms with Crippen LogP contribution < -0.4 is 4.90 Å². The second-order valence-electron chi connectivity index (χ2n) is 5.41. The summed E-state index contributed by atoms with van der Waals surface area (Å²) in [6, 6.07) is 6.21. The molecule has 0 heterocycles. The Bertz CT molecular complexity index is 483. The van der Waals surface area contributed by atoms with Gasteiger partial charge >= 0.3 is 5.97 Å². The van der Waals surface area contributed by atoms with Gasteiger partial charge in [0.2, 0.25) is 0 Å². The van der Waals surface area contributed by atoms with Gasteiger partial charge in [-0.15, -0.1) is 0 Å². The monoisotopic (exact) mass is 325 g/mol. The summed E-state index contributed by atoms with van der Waals surface area (Å²) in [6.45, 7) is 2.81. The molecule has 0 amide bonds.